The lowest BCUT2D eigenvalue weighted by molar-refractivity contribution is 0.153. The zero-order valence-electron chi connectivity index (χ0n) is 21.8. The van der Waals surface area contributed by atoms with E-state index in [0.29, 0.717) is 44.0 Å². The maximum Gasteiger partial charge on any atom is 0.319 e. The topological polar surface area (TPSA) is 86.6 Å². The van der Waals surface area contributed by atoms with Crippen LogP contribution in [0.15, 0.2) is 30.5 Å². The number of phenols is 1. The molecule has 2 saturated heterocycles. The molecule has 210 valence electrons. The van der Waals surface area contributed by atoms with Gasteiger partial charge in [0.05, 0.1) is 22.2 Å². The maximum absolute atomic E-state index is 15.0. The van der Waals surface area contributed by atoms with Crippen molar-refractivity contribution in [2.24, 2.45) is 0 Å². The van der Waals surface area contributed by atoms with Crippen LogP contribution >= 0.6 is 0 Å². The third-order valence-corrected chi connectivity index (χ3v) is 7.70. The van der Waals surface area contributed by atoms with Crippen molar-refractivity contribution in [1.29, 1.82) is 0 Å². The van der Waals surface area contributed by atoms with Gasteiger partial charge >= 0.3 is 6.01 Å². The quantitative estimate of drug-likeness (QED) is 0.332. The van der Waals surface area contributed by atoms with Gasteiger partial charge in [0.25, 0.3) is 6.43 Å². The molecule has 0 unspecified atom stereocenters. The van der Waals surface area contributed by atoms with Gasteiger partial charge in [-0.2, -0.15) is 9.97 Å². The Labute approximate surface area is 227 Å². The largest absolute Gasteiger partial charge is 0.508 e. The van der Waals surface area contributed by atoms with Crippen molar-refractivity contribution < 1.29 is 27.4 Å². The van der Waals surface area contributed by atoms with Crippen molar-refractivity contribution in [1.82, 2.24) is 25.2 Å². The van der Waals surface area contributed by atoms with E-state index < -0.39 is 23.6 Å². The van der Waals surface area contributed by atoms with Crippen LogP contribution in [0.3, 0.4) is 0 Å². The highest BCUT2D eigenvalue weighted by Crippen LogP contribution is 2.42. The highest BCUT2D eigenvalue weighted by Gasteiger charge is 2.28. The number of piperazine rings is 1. The summed E-state index contributed by atoms with van der Waals surface area (Å²) in [6, 6.07) is 4.65. The van der Waals surface area contributed by atoms with Crippen molar-refractivity contribution >= 4 is 27.5 Å². The van der Waals surface area contributed by atoms with Gasteiger partial charge in [0, 0.05) is 49.4 Å². The minimum atomic E-state index is -3.08. The fourth-order valence-corrected chi connectivity index (χ4v) is 5.60. The number of likely N-dealkylation sites (tertiary alicyclic amines) is 1. The molecule has 4 aromatic rings. The van der Waals surface area contributed by atoms with Crippen LogP contribution in [0.1, 0.15) is 24.8 Å². The van der Waals surface area contributed by atoms with Gasteiger partial charge in [-0.1, -0.05) is 6.07 Å². The van der Waals surface area contributed by atoms with Gasteiger partial charge in [-0.05, 0) is 50.0 Å². The lowest BCUT2D eigenvalue weighted by Crippen LogP contribution is -2.44. The number of hydrogen-bond donors (Lipinski definition) is 2. The highest BCUT2D eigenvalue weighted by molar-refractivity contribution is 6.01. The van der Waals surface area contributed by atoms with Crippen molar-refractivity contribution in [3.8, 4) is 23.0 Å². The van der Waals surface area contributed by atoms with Crippen molar-refractivity contribution in [3.63, 3.8) is 0 Å². The number of benzene rings is 2. The first-order chi connectivity index (χ1) is 19.3. The van der Waals surface area contributed by atoms with Crippen LogP contribution in [-0.2, 0) is 0 Å². The molecule has 2 aromatic carbocycles. The number of fused-ring (bicyclic) bond motifs is 2. The number of ether oxygens (including phenoxy) is 1. The van der Waals surface area contributed by atoms with Crippen LogP contribution in [0.25, 0.3) is 32.9 Å². The summed E-state index contributed by atoms with van der Waals surface area (Å²) in [5, 5.41) is 13.8. The third kappa shape index (κ3) is 4.75. The minimum Gasteiger partial charge on any atom is -0.508 e. The predicted octanol–water partition coefficient (Wildman–Crippen LogP) is 4.65. The molecule has 0 amide bonds. The molecule has 12 heteroatoms. The lowest BCUT2D eigenvalue weighted by Gasteiger charge is -2.29. The first-order valence-corrected chi connectivity index (χ1v) is 13.2. The van der Waals surface area contributed by atoms with Crippen molar-refractivity contribution in [3.05, 3.63) is 47.7 Å². The number of aromatic nitrogens is 3. The van der Waals surface area contributed by atoms with E-state index >= 15 is 4.39 Å². The Morgan fingerprint density at radius 2 is 1.93 bits per heavy atom. The molecule has 0 bridgehead atoms. The predicted molar refractivity (Wildman–Crippen MR) is 143 cm³/mol. The van der Waals surface area contributed by atoms with Gasteiger partial charge in [-0.15, -0.1) is 0 Å². The second-order valence-corrected chi connectivity index (χ2v) is 10.2. The molecule has 8 nitrogen and oxygen atoms in total. The molecule has 0 saturated carbocycles. The summed E-state index contributed by atoms with van der Waals surface area (Å²) < 4.78 is 65.1. The number of halogens is 4. The Bertz CT molecular complexity index is 1580. The molecule has 0 aliphatic carbocycles. The minimum absolute atomic E-state index is 0.0432. The monoisotopic (exact) mass is 556 g/mol. The van der Waals surface area contributed by atoms with E-state index in [0.717, 1.165) is 31.5 Å². The molecule has 2 N–H and O–H groups in total. The number of pyridine rings is 1. The molecule has 6 rings (SSSR count). The summed E-state index contributed by atoms with van der Waals surface area (Å²) in [5.74, 6) is -2.25. The summed E-state index contributed by atoms with van der Waals surface area (Å²) >= 11 is 0. The Morgan fingerprint density at radius 3 is 2.65 bits per heavy atom. The summed E-state index contributed by atoms with van der Waals surface area (Å²) in [6.45, 7) is 3.78. The number of rotatable bonds is 6. The summed E-state index contributed by atoms with van der Waals surface area (Å²) in [6.07, 6.45) is 0.266. The van der Waals surface area contributed by atoms with Crippen LogP contribution < -0.4 is 15.0 Å². The number of nitrogens with one attached hydrogen (secondary N) is 1. The van der Waals surface area contributed by atoms with E-state index in [2.05, 4.69) is 25.2 Å². The molecular weight excluding hydrogens is 528 g/mol. The number of hydrogen-bond acceptors (Lipinski definition) is 8. The number of likely N-dealkylation sites (N-methyl/N-ethyl adjacent to an activating group) is 1. The Hall–Kier alpha value is -3.77. The van der Waals surface area contributed by atoms with Crippen LogP contribution in [-0.4, -0.2) is 77.4 Å². The van der Waals surface area contributed by atoms with Crippen LogP contribution in [0.2, 0.25) is 0 Å². The van der Waals surface area contributed by atoms with Gasteiger partial charge in [0.1, 0.15) is 18.2 Å². The average Bonchev–Trinajstić information content (AvgIpc) is 3.37. The zero-order valence-corrected chi connectivity index (χ0v) is 21.8. The third-order valence-electron chi connectivity index (χ3n) is 7.70. The molecule has 2 fully saturated rings. The summed E-state index contributed by atoms with van der Waals surface area (Å²) in [5.41, 5.74) is -1.14. The Morgan fingerprint density at radius 1 is 1.12 bits per heavy atom. The normalized spacial score (nSPS) is 18.4. The van der Waals surface area contributed by atoms with Crippen LogP contribution in [0.5, 0.6) is 11.8 Å². The van der Waals surface area contributed by atoms with Gasteiger partial charge in [0.2, 0.25) is 0 Å². The molecular formula is C28H28F4N6O2. The van der Waals surface area contributed by atoms with Crippen molar-refractivity contribution in [2.75, 3.05) is 51.3 Å². The Kier molecular flexibility index (Phi) is 7.05. The van der Waals surface area contributed by atoms with E-state index in [1.165, 1.54) is 18.3 Å². The number of phenolic OH excluding ortho intramolecular Hbond substituents is 1. The van der Waals surface area contributed by atoms with E-state index in [1.807, 2.05) is 11.9 Å². The van der Waals surface area contributed by atoms with Crippen LogP contribution in [0.4, 0.5) is 23.4 Å². The van der Waals surface area contributed by atoms with E-state index in [-0.39, 0.29) is 45.3 Å². The number of nitrogens with zero attached hydrogens (tertiary/aromatic N) is 5. The molecule has 4 heterocycles. The van der Waals surface area contributed by atoms with E-state index in [4.69, 9.17) is 4.74 Å². The molecule has 0 radical (unpaired) electrons. The summed E-state index contributed by atoms with van der Waals surface area (Å²) in [7, 11) is 2.00. The number of aromatic hydroxyl groups is 1. The number of anilines is 1. The SMILES string of the molecule is CN1CCC[C@H]1COc1nc(N2CCNCC2)c2cnc(-c3cc(O)cc4ccc(F)c(F)c34)c(C(F)F)c2n1. The lowest BCUT2D eigenvalue weighted by atomic mass is 9.96. The molecule has 2 aromatic heterocycles. The summed E-state index contributed by atoms with van der Waals surface area (Å²) in [4.78, 5) is 17.5. The molecule has 40 heavy (non-hydrogen) atoms. The average molecular weight is 557 g/mol. The zero-order chi connectivity index (χ0) is 28.0. The Balaban J connectivity index is 1.57. The fourth-order valence-electron chi connectivity index (χ4n) is 5.60. The second-order valence-electron chi connectivity index (χ2n) is 10.2. The van der Waals surface area contributed by atoms with E-state index in [1.54, 1.807) is 0 Å². The molecule has 2 aliphatic rings. The van der Waals surface area contributed by atoms with Crippen molar-refractivity contribution in [2.45, 2.75) is 25.3 Å². The first kappa shape index (κ1) is 26.5. The maximum atomic E-state index is 15.0. The van der Waals surface area contributed by atoms with Gasteiger partial charge in [-0.3, -0.25) is 4.98 Å². The fraction of sp³-hybridized carbons (Fsp3) is 0.393. The molecule has 0 spiro atoms. The van der Waals surface area contributed by atoms with E-state index in [9.17, 15) is 18.3 Å². The van der Waals surface area contributed by atoms with Gasteiger partial charge in [-0.25, -0.2) is 17.6 Å². The number of alkyl halides is 2. The standard InChI is InChI=1S/C28H28F4N6O2/c1-37-8-2-3-16(37)14-40-28-35-25-19(27(36-28)38-9-6-33-7-10-38)13-34-24(22(25)26(31)32)18-12-17(39)11-15-4-5-20(29)23(30)21(15)18/h4-5,11-13,16,26,33,39H,2-3,6-10,14H2,1H3/t16-/m0/s1. The van der Waals surface area contributed by atoms with Crippen LogP contribution in [0, 0.1) is 11.6 Å². The van der Waals surface area contributed by atoms with Gasteiger partial charge < -0.3 is 25.0 Å². The second kappa shape index (κ2) is 10.7. The van der Waals surface area contributed by atoms with Gasteiger partial charge in [0.15, 0.2) is 11.6 Å². The highest BCUT2D eigenvalue weighted by atomic mass is 19.3. The molecule has 2 aliphatic heterocycles. The molecule has 1 atom stereocenters. The first-order valence-electron chi connectivity index (χ1n) is 13.2. The smallest absolute Gasteiger partial charge is 0.319 e.